The molecule has 0 saturated carbocycles. The van der Waals surface area contributed by atoms with Gasteiger partial charge < -0.3 is 9.47 Å². The SMILES string of the molecule is Cc1cc(OCc2nn3c(CCc4nnc5sc(COc6ccc(Cl)c(C)c6)nn45)nnc3s2)ccc1Cl. The van der Waals surface area contributed by atoms with E-state index in [-0.39, 0.29) is 0 Å². The summed E-state index contributed by atoms with van der Waals surface area (Å²) < 4.78 is 15.3. The largest absolute Gasteiger partial charge is 0.486 e. The molecule has 194 valence electrons. The second-order valence-electron chi connectivity index (χ2n) is 8.51. The Labute approximate surface area is 234 Å². The van der Waals surface area contributed by atoms with Crippen LogP contribution in [0.1, 0.15) is 32.8 Å². The Bertz CT molecular complexity index is 1630. The quantitative estimate of drug-likeness (QED) is 0.217. The summed E-state index contributed by atoms with van der Waals surface area (Å²) in [5.41, 5.74) is 1.92. The summed E-state index contributed by atoms with van der Waals surface area (Å²) in [7, 11) is 0. The summed E-state index contributed by atoms with van der Waals surface area (Å²) >= 11 is 15.1. The fourth-order valence-corrected chi connectivity index (χ4v) is 5.52. The lowest BCUT2D eigenvalue weighted by atomic mass is 10.2. The summed E-state index contributed by atoms with van der Waals surface area (Å²) in [6.45, 7) is 4.55. The van der Waals surface area contributed by atoms with Crippen LogP contribution in [0.25, 0.3) is 9.92 Å². The van der Waals surface area contributed by atoms with Gasteiger partial charge in [0, 0.05) is 22.9 Å². The van der Waals surface area contributed by atoms with Crippen molar-refractivity contribution in [3.8, 4) is 11.5 Å². The van der Waals surface area contributed by atoms with E-state index in [0.29, 0.717) is 46.0 Å². The molecule has 0 N–H and O–H groups in total. The summed E-state index contributed by atoms with van der Waals surface area (Å²) in [5, 5.41) is 29.4. The minimum absolute atomic E-state index is 0.332. The molecule has 2 aromatic carbocycles. The summed E-state index contributed by atoms with van der Waals surface area (Å²) in [6.07, 6.45) is 1.16. The third-order valence-corrected chi connectivity index (χ3v) is 8.34. The second kappa shape index (κ2) is 10.4. The molecular formula is C24H20Cl2N8O2S2. The van der Waals surface area contributed by atoms with Crippen molar-refractivity contribution in [1.29, 1.82) is 0 Å². The van der Waals surface area contributed by atoms with Gasteiger partial charge in [-0.05, 0) is 61.4 Å². The summed E-state index contributed by atoms with van der Waals surface area (Å²) in [4.78, 5) is 1.42. The van der Waals surface area contributed by atoms with Crippen LogP contribution in [0.2, 0.25) is 10.0 Å². The van der Waals surface area contributed by atoms with E-state index in [1.54, 1.807) is 9.03 Å². The van der Waals surface area contributed by atoms with E-state index in [1.165, 1.54) is 22.7 Å². The van der Waals surface area contributed by atoms with Crippen LogP contribution in [0.5, 0.6) is 11.5 Å². The molecule has 0 aliphatic heterocycles. The van der Waals surface area contributed by atoms with Crippen molar-refractivity contribution in [2.75, 3.05) is 0 Å². The zero-order valence-electron chi connectivity index (χ0n) is 20.3. The molecule has 4 heterocycles. The number of hydrogen-bond donors (Lipinski definition) is 0. The molecule has 0 unspecified atom stereocenters. The number of fused-ring (bicyclic) bond motifs is 2. The number of aromatic nitrogens is 8. The molecule has 38 heavy (non-hydrogen) atoms. The molecule has 0 aliphatic rings. The lowest BCUT2D eigenvalue weighted by Gasteiger charge is -2.05. The van der Waals surface area contributed by atoms with Gasteiger partial charge in [-0.2, -0.15) is 19.2 Å². The standard InChI is InChI=1S/C24H20Cl2N8O2S2/c1-13-9-15(3-5-17(13)25)35-11-21-31-33-19(27-29-23(33)37-21)7-8-20-28-30-24-34(20)32-22(38-24)12-36-16-4-6-18(26)14(2)10-16/h3-6,9-10H,7-8,11-12H2,1-2H3. The first-order chi connectivity index (χ1) is 18.4. The highest BCUT2D eigenvalue weighted by molar-refractivity contribution is 7.16. The van der Waals surface area contributed by atoms with Gasteiger partial charge in [-0.25, -0.2) is 0 Å². The molecule has 4 aromatic heterocycles. The maximum atomic E-state index is 6.09. The van der Waals surface area contributed by atoms with Gasteiger partial charge in [0.2, 0.25) is 9.92 Å². The Balaban J connectivity index is 1.10. The normalized spacial score (nSPS) is 11.6. The van der Waals surface area contributed by atoms with Crippen LogP contribution in [0.3, 0.4) is 0 Å². The van der Waals surface area contributed by atoms with E-state index in [0.717, 1.165) is 44.3 Å². The molecule has 14 heteroatoms. The number of nitrogens with zero attached hydrogens (tertiary/aromatic N) is 8. The average Bonchev–Trinajstić information content (AvgIpc) is 3.66. The third-order valence-electron chi connectivity index (χ3n) is 5.75. The Kier molecular flexibility index (Phi) is 6.87. The Hall–Kier alpha value is -3.32. The number of hydrogen-bond acceptors (Lipinski definition) is 10. The minimum Gasteiger partial charge on any atom is -0.486 e. The van der Waals surface area contributed by atoms with E-state index in [9.17, 15) is 0 Å². The molecule has 0 atom stereocenters. The van der Waals surface area contributed by atoms with Crippen molar-refractivity contribution < 1.29 is 9.47 Å². The monoisotopic (exact) mass is 586 g/mol. The van der Waals surface area contributed by atoms with Gasteiger partial charge in [0.25, 0.3) is 0 Å². The fraction of sp³-hybridized carbons (Fsp3) is 0.250. The van der Waals surface area contributed by atoms with Gasteiger partial charge in [0.1, 0.15) is 24.7 Å². The topological polar surface area (TPSA) is 105 Å². The van der Waals surface area contributed by atoms with Crippen molar-refractivity contribution >= 4 is 55.8 Å². The van der Waals surface area contributed by atoms with Gasteiger partial charge in [-0.15, -0.1) is 20.4 Å². The highest BCUT2D eigenvalue weighted by atomic mass is 35.5. The fourth-order valence-electron chi connectivity index (χ4n) is 3.75. The number of rotatable bonds is 9. The number of halogens is 2. The van der Waals surface area contributed by atoms with Crippen molar-refractivity contribution in [1.82, 2.24) is 39.6 Å². The van der Waals surface area contributed by atoms with Crippen LogP contribution in [0, 0.1) is 13.8 Å². The maximum Gasteiger partial charge on any atom is 0.234 e. The van der Waals surface area contributed by atoms with E-state index in [4.69, 9.17) is 32.7 Å². The van der Waals surface area contributed by atoms with Crippen LogP contribution >= 0.6 is 45.9 Å². The van der Waals surface area contributed by atoms with Crippen molar-refractivity contribution in [2.45, 2.75) is 39.9 Å². The lowest BCUT2D eigenvalue weighted by molar-refractivity contribution is 0.303. The van der Waals surface area contributed by atoms with E-state index in [1.807, 2.05) is 50.2 Å². The Morgan fingerprint density at radius 3 is 1.55 bits per heavy atom. The molecular weight excluding hydrogens is 567 g/mol. The zero-order valence-corrected chi connectivity index (χ0v) is 23.4. The smallest absolute Gasteiger partial charge is 0.234 e. The Morgan fingerprint density at radius 2 is 1.13 bits per heavy atom. The minimum atomic E-state index is 0.332. The van der Waals surface area contributed by atoms with Gasteiger partial charge >= 0.3 is 0 Å². The number of benzene rings is 2. The van der Waals surface area contributed by atoms with Crippen LogP contribution < -0.4 is 9.47 Å². The van der Waals surface area contributed by atoms with Crippen molar-refractivity contribution in [3.05, 3.63) is 79.2 Å². The van der Waals surface area contributed by atoms with Gasteiger partial charge in [-0.3, -0.25) is 0 Å². The van der Waals surface area contributed by atoms with Crippen LogP contribution in [0.4, 0.5) is 0 Å². The molecule has 0 spiro atoms. The lowest BCUT2D eigenvalue weighted by Crippen LogP contribution is -2.04. The van der Waals surface area contributed by atoms with E-state index >= 15 is 0 Å². The molecule has 0 saturated heterocycles. The second-order valence-corrected chi connectivity index (χ2v) is 11.4. The van der Waals surface area contributed by atoms with Gasteiger partial charge in [-0.1, -0.05) is 45.9 Å². The van der Waals surface area contributed by atoms with Crippen molar-refractivity contribution in [2.24, 2.45) is 0 Å². The molecule has 10 nitrogen and oxygen atoms in total. The zero-order chi connectivity index (χ0) is 26.2. The molecule has 0 fully saturated rings. The molecule has 0 bridgehead atoms. The maximum absolute atomic E-state index is 6.09. The first-order valence-corrected chi connectivity index (χ1v) is 14.0. The predicted octanol–water partition coefficient (Wildman–Crippen LogP) is 5.55. The highest BCUT2D eigenvalue weighted by Crippen LogP contribution is 2.24. The van der Waals surface area contributed by atoms with Crippen LogP contribution in [-0.4, -0.2) is 39.6 Å². The molecule has 0 amide bonds. The Morgan fingerprint density at radius 1 is 0.684 bits per heavy atom. The van der Waals surface area contributed by atoms with Crippen molar-refractivity contribution in [3.63, 3.8) is 0 Å². The molecule has 0 radical (unpaired) electrons. The highest BCUT2D eigenvalue weighted by Gasteiger charge is 2.16. The number of ether oxygens (including phenoxy) is 2. The first-order valence-electron chi connectivity index (χ1n) is 11.6. The van der Waals surface area contributed by atoms with Crippen LogP contribution in [-0.2, 0) is 26.1 Å². The summed E-state index contributed by atoms with van der Waals surface area (Å²) in [5.74, 6) is 2.95. The first kappa shape index (κ1) is 25.0. The molecule has 6 aromatic rings. The van der Waals surface area contributed by atoms with E-state index in [2.05, 4.69) is 30.6 Å². The third kappa shape index (κ3) is 5.17. The molecule has 0 aliphatic carbocycles. The molecule has 6 rings (SSSR count). The number of aryl methyl sites for hydroxylation is 4. The van der Waals surface area contributed by atoms with E-state index < -0.39 is 0 Å². The van der Waals surface area contributed by atoms with Gasteiger partial charge in [0.05, 0.1) is 0 Å². The average molecular weight is 588 g/mol. The van der Waals surface area contributed by atoms with Gasteiger partial charge in [0.15, 0.2) is 21.7 Å². The predicted molar refractivity (Wildman–Crippen MR) is 146 cm³/mol. The summed E-state index contributed by atoms with van der Waals surface area (Å²) in [6, 6.07) is 11.1. The van der Waals surface area contributed by atoms with Crippen LogP contribution in [0.15, 0.2) is 36.4 Å².